The Balaban J connectivity index is 2.82. The van der Waals surface area contributed by atoms with Crippen LogP contribution in [0.25, 0.3) is 5.70 Å². The van der Waals surface area contributed by atoms with Gasteiger partial charge < -0.3 is 10.5 Å². The lowest BCUT2D eigenvalue weighted by molar-refractivity contribution is -0.107. The summed E-state index contributed by atoms with van der Waals surface area (Å²) in [7, 11) is 0. The molecule has 0 amide bonds. The average molecular weight is 189 g/mol. The number of carbonyl (C=O) groups is 1. The molecule has 1 aromatic carbocycles. The molecular formula is C12H15NO. The van der Waals surface area contributed by atoms with Gasteiger partial charge in [0.05, 0.1) is 0 Å². The monoisotopic (exact) mass is 189 g/mol. The molecule has 0 fully saturated rings. The lowest BCUT2D eigenvalue weighted by atomic mass is 10.1. The zero-order chi connectivity index (χ0) is 10.4. The van der Waals surface area contributed by atoms with Crippen molar-refractivity contribution in [3.05, 3.63) is 41.5 Å². The van der Waals surface area contributed by atoms with Gasteiger partial charge in [0.15, 0.2) is 0 Å². The van der Waals surface area contributed by atoms with Crippen LogP contribution in [0, 0.1) is 0 Å². The summed E-state index contributed by atoms with van der Waals surface area (Å²) in [4.78, 5) is 10.3. The molecular weight excluding hydrogens is 174 g/mol. The maximum Gasteiger partial charge on any atom is 0.124 e. The third kappa shape index (κ3) is 2.73. The van der Waals surface area contributed by atoms with Gasteiger partial charge in [0.2, 0.25) is 0 Å². The van der Waals surface area contributed by atoms with Gasteiger partial charge in [0, 0.05) is 12.1 Å². The fourth-order valence-electron chi connectivity index (χ4n) is 1.27. The summed E-state index contributed by atoms with van der Waals surface area (Å²) in [5.41, 5.74) is 8.65. The first-order valence-corrected chi connectivity index (χ1v) is 4.76. The first-order chi connectivity index (χ1) is 6.77. The lowest BCUT2D eigenvalue weighted by Gasteiger charge is -2.02. The largest absolute Gasteiger partial charge is 0.399 e. The summed E-state index contributed by atoms with van der Waals surface area (Å²) < 4.78 is 0. The quantitative estimate of drug-likeness (QED) is 0.737. The molecule has 2 heteroatoms. The van der Waals surface area contributed by atoms with Crippen LogP contribution in [0.1, 0.15) is 24.5 Å². The van der Waals surface area contributed by atoms with E-state index in [0.29, 0.717) is 6.42 Å². The van der Waals surface area contributed by atoms with Crippen LogP contribution in [0.5, 0.6) is 0 Å². The van der Waals surface area contributed by atoms with E-state index >= 15 is 0 Å². The Morgan fingerprint density at radius 3 is 2.50 bits per heavy atom. The smallest absolute Gasteiger partial charge is 0.124 e. The number of hydrogen-bond donors (Lipinski definition) is 1. The van der Waals surface area contributed by atoms with Gasteiger partial charge in [-0.05, 0) is 17.5 Å². The van der Waals surface area contributed by atoms with E-state index in [-0.39, 0.29) is 0 Å². The van der Waals surface area contributed by atoms with Gasteiger partial charge in [0.1, 0.15) is 6.29 Å². The standard InChI is InChI=1S/C12H15NO/c1-2-3-12(13)11-6-4-10(5-7-11)8-9-14/h3-7,9H,2,8,13H2,1H3/b12-3+. The molecule has 0 unspecified atom stereocenters. The highest BCUT2D eigenvalue weighted by Crippen LogP contribution is 2.11. The number of benzene rings is 1. The van der Waals surface area contributed by atoms with Gasteiger partial charge in [-0.25, -0.2) is 0 Å². The van der Waals surface area contributed by atoms with Gasteiger partial charge >= 0.3 is 0 Å². The SMILES string of the molecule is CC/C=C(/N)c1ccc(CC=O)cc1. The summed E-state index contributed by atoms with van der Waals surface area (Å²) in [6.45, 7) is 2.05. The molecule has 0 aromatic heterocycles. The number of allylic oxidation sites excluding steroid dienone is 1. The van der Waals surface area contributed by atoms with Crippen LogP contribution >= 0.6 is 0 Å². The molecule has 74 valence electrons. The zero-order valence-corrected chi connectivity index (χ0v) is 8.36. The summed E-state index contributed by atoms with van der Waals surface area (Å²) >= 11 is 0. The Morgan fingerprint density at radius 1 is 1.36 bits per heavy atom. The van der Waals surface area contributed by atoms with Gasteiger partial charge in [0.25, 0.3) is 0 Å². The first-order valence-electron chi connectivity index (χ1n) is 4.76. The predicted molar refractivity (Wildman–Crippen MR) is 58.7 cm³/mol. The van der Waals surface area contributed by atoms with E-state index in [4.69, 9.17) is 5.73 Å². The van der Waals surface area contributed by atoms with Crippen molar-refractivity contribution in [2.24, 2.45) is 5.73 Å². The predicted octanol–water partition coefficient (Wildman–Crippen LogP) is 2.14. The normalized spacial score (nSPS) is 11.4. The number of carbonyl (C=O) groups excluding carboxylic acids is 1. The van der Waals surface area contributed by atoms with Gasteiger partial charge in [-0.1, -0.05) is 37.3 Å². The molecule has 0 saturated carbocycles. The molecule has 1 aromatic rings. The minimum atomic E-state index is 0.470. The second-order valence-corrected chi connectivity index (χ2v) is 3.14. The first kappa shape index (κ1) is 10.5. The van der Waals surface area contributed by atoms with E-state index < -0.39 is 0 Å². The molecule has 0 heterocycles. The number of hydrogen-bond acceptors (Lipinski definition) is 2. The van der Waals surface area contributed by atoms with Crippen molar-refractivity contribution in [1.29, 1.82) is 0 Å². The molecule has 0 bridgehead atoms. The average Bonchev–Trinajstić information content (AvgIpc) is 2.20. The summed E-state index contributed by atoms with van der Waals surface area (Å²) in [5, 5.41) is 0. The summed E-state index contributed by atoms with van der Waals surface area (Å²) in [5.74, 6) is 0. The Labute approximate surface area is 84.4 Å². The Kier molecular flexibility index (Phi) is 3.92. The highest BCUT2D eigenvalue weighted by molar-refractivity contribution is 5.63. The molecule has 1 rings (SSSR count). The van der Waals surface area contributed by atoms with Crippen LogP contribution in [0.3, 0.4) is 0 Å². The Bertz CT molecular complexity index is 325. The number of nitrogens with two attached hydrogens (primary N) is 1. The molecule has 0 spiro atoms. The second kappa shape index (κ2) is 5.22. The Morgan fingerprint density at radius 2 is 2.00 bits per heavy atom. The number of rotatable bonds is 4. The maximum absolute atomic E-state index is 10.3. The van der Waals surface area contributed by atoms with Crippen LogP contribution < -0.4 is 5.73 Å². The fraction of sp³-hybridized carbons (Fsp3) is 0.250. The third-order valence-corrected chi connectivity index (χ3v) is 2.03. The van der Waals surface area contributed by atoms with Crippen molar-refractivity contribution in [3.8, 4) is 0 Å². The maximum atomic E-state index is 10.3. The fourth-order valence-corrected chi connectivity index (χ4v) is 1.27. The van der Waals surface area contributed by atoms with Crippen molar-refractivity contribution >= 4 is 12.0 Å². The van der Waals surface area contributed by atoms with E-state index in [1.807, 2.05) is 37.3 Å². The van der Waals surface area contributed by atoms with Crippen LogP contribution in [-0.4, -0.2) is 6.29 Å². The minimum Gasteiger partial charge on any atom is -0.399 e. The van der Waals surface area contributed by atoms with Crippen LogP contribution in [-0.2, 0) is 11.2 Å². The van der Waals surface area contributed by atoms with Crippen molar-refractivity contribution < 1.29 is 4.79 Å². The summed E-state index contributed by atoms with van der Waals surface area (Å²) in [6, 6.07) is 7.75. The highest BCUT2D eigenvalue weighted by Gasteiger charge is 1.96. The minimum absolute atomic E-state index is 0.470. The molecule has 0 radical (unpaired) electrons. The second-order valence-electron chi connectivity index (χ2n) is 3.14. The summed E-state index contributed by atoms with van der Waals surface area (Å²) in [6.07, 6.45) is 4.29. The van der Waals surface area contributed by atoms with Gasteiger partial charge in [-0.3, -0.25) is 0 Å². The van der Waals surface area contributed by atoms with Crippen molar-refractivity contribution in [2.45, 2.75) is 19.8 Å². The van der Waals surface area contributed by atoms with Gasteiger partial charge in [-0.15, -0.1) is 0 Å². The molecule has 0 saturated heterocycles. The molecule has 0 atom stereocenters. The highest BCUT2D eigenvalue weighted by atomic mass is 16.1. The van der Waals surface area contributed by atoms with Gasteiger partial charge in [-0.2, -0.15) is 0 Å². The topological polar surface area (TPSA) is 43.1 Å². The van der Waals surface area contributed by atoms with E-state index in [9.17, 15) is 4.79 Å². The van der Waals surface area contributed by atoms with Crippen LogP contribution in [0.15, 0.2) is 30.3 Å². The van der Waals surface area contributed by atoms with Crippen molar-refractivity contribution in [2.75, 3.05) is 0 Å². The molecule has 0 aliphatic rings. The van der Waals surface area contributed by atoms with Crippen LogP contribution in [0.2, 0.25) is 0 Å². The lowest BCUT2D eigenvalue weighted by Crippen LogP contribution is -1.96. The molecule has 2 N–H and O–H groups in total. The van der Waals surface area contributed by atoms with E-state index in [1.54, 1.807) is 0 Å². The zero-order valence-electron chi connectivity index (χ0n) is 8.36. The van der Waals surface area contributed by atoms with Crippen LogP contribution in [0.4, 0.5) is 0 Å². The van der Waals surface area contributed by atoms with Crippen molar-refractivity contribution in [3.63, 3.8) is 0 Å². The molecule has 0 aliphatic heterocycles. The van der Waals surface area contributed by atoms with Crippen molar-refractivity contribution in [1.82, 2.24) is 0 Å². The molecule has 14 heavy (non-hydrogen) atoms. The van der Waals surface area contributed by atoms with E-state index in [0.717, 1.165) is 29.5 Å². The van der Waals surface area contributed by atoms with E-state index in [2.05, 4.69) is 0 Å². The molecule has 0 aliphatic carbocycles. The third-order valence-electron chi connectivity index (χ3n) is 2.03. The Hall–Kier alpha value is -1.57. The number of aldehydes is 1. The molecule has 2 nitrogen and oxygen atoms in total. The van der Waals surface area contributed by atoms with E-state index in [1.165, 1.54) is 0 Å².